The van der Waals surface area contributed by atoms with Gasteiger partial charge in [0.25, 0.3) is 0 Å². The van der Waals surface area contributed by atoms with Gasteiger partial charge in [-0.3, -0.25) is 4.90 Å². The summed E-state index contributed by atoms with van der Waals surface area (Å²) in [5.74, 6) is 0.801. The number of fused-ring (bicyclic) bond motifs is 1. The number of piperazine rings is 1. The minimum absolute atomic E-state index is 0.322. The van der Waals surface area contributed by atoms with E-state index < -0.39 is 12.4 Å². The molecule has 0 spiro atoms. The lowest BCUT2D eigenvalue weighted by Gasteiger charge is -2.49. The maximum Gasteiger partial charge on any atom is 0.133 e. The summed E-state index contributed by atoms with van der Waals surface area (Å²) in [4.78, 5) is 4.17. The van der Waals surface area contributed by atoms with Gasteiger partial charge in [0.2, 0.25) is 0 Å². The van der Waals surface area contributed by atoms with Crippen molar-refractivity contribution in [1.29, 1.82) is 0 Å². The van der Waals surface area contributed by atoms with E-state index >= 15 is 0 Å². The maximum atomic E-state index is 14.1. The second-order valence-electron chi connectivity index (χ2n) is 8.65. The topological polar surface area (TPSA) is 48.0 Å². The SMILES string of the molecule is CC/C=C1\N(C)C2=CCC(F)C=C2NC1(CC)CCN(C)C(O)c1ccc(OCC)cc1. The maximum absolute atomic E-state index is 14.1. The number of ether oxygens (including phenoxy) is 1. The van der Waals surface area contributed by atoms with Crippen LogP contribution < -0.4 is 10.1 Å². The van der Waals surface area contributed by atoms with Gasteiger partial charge >= 0.3 is 0 Å². The lowest BCUT2D eigenvalue weighted by atomic mass is 9.82. The number of hydrogen-bond acceptors (Lipinski definition) is 5. The average Bonchev–Trinajstić information content (AvgIpc) is 2.79. The first kappa shape index (κ1) is 24.3. The third kappa shape index (κ3) is 5.02. The van der Waals surface area contributed by atoms with E-state index in [1.165, 1.54) is 5.70 Å². The molecule has 0 saturated carbocycles. The van der Waals surface area contributed by atoms with Crippen LogP contribution in [0, 0.1) is 0 Å². The molecule has 176 valence electrons. The Kier molecular flexibility index (Phi) is 8.01. The number of alkyl halides is 1. The van der Waals surface area contributed by atoms with E-state index in [9.17, 15) is 9.50 Å². The normalized spacial score (nSPS) is 25.2. The number of rotatable bonds is 9. The third-order valence-corrected chi connectivity index (χ3v) is 6.55. The Morgan fingerprint density at radius 1 is 1.31 bits per heavy atom. The molecule has 1 aliphatic heterocycles. The van der Waals surface area contributed by atoms with E-state index in [1.807, 2.05) is 49.2 Å². The van der Waals surface area contributed by atoms with Crippen molar-refractivity contribution in [1.82, 2.24) is 15.1 Å². The minimum atomic E-state index is -0.954. The summed E-state index contributed by atoms with van der Waals surface area (Å²) in [6.07, 6.45) is 7.27. The second-order valence-corrected chi connectivity index (χ2v) is 8.65. The van der Waals surface area contributed by atoms with Gasteiger partial charge in [0.05, 0.1) is 23.5 Å². The molecule has 5 nitrogen and oxygen atoms in total. The largest absolute Gasteiger partial charge is 0.494 e. The van der Waals surface area contributed by atoms with Crippen LogP contribution in [0.3, 0.4) is 0 Å². The summed E-state index contributed by atoms with van der Waals surface area (Å²) < 4.78 is 19.6. The molecule has 1 aromatic carbocycles. The molecule has 0 bridgehead atoms. The fraction of sp³-hybridized carbons (Fsp3) is 0.538. The Labute approximate surface area is 192 Å². The summed E-state index contributed by atoms with van der Waals surface area (Å²) in [6.45, 7) is 7.55. The van der Waals surface area contributed by atoms with Crippen LogP contribution in [0.15, 0.2) is 59.6 Å². The first-order chi connectivity index (χ1) is 15.3. The molecule has 1 aromatic rings. The summed E-state index contributed by atoms with van der Waals surface area (Å²) in [5.41, 5.74) is 3.64. The zero-order valence-electron chi connectivity index (χ0n) is 20.1. The average molecular weight is 444 g/mol. The Morgan fingerprint density at radius 3 is 2.66 bits per heavy atom. The summed E-state index contributed by atoms with van der Waals surface area (Å²) in [6, 6.07) is 7.59. The van der Waals surface area contributed by atoms with Gasteiger partial charge in [0.1, 0.15) is 18.1 Å². The predicted octanol–water partition coefficient (Wildman–Crippen LogP) is 4.89. The molecule has 1 fully saturated rings. The van der Waals surface area contributed by atoms with E-state index in [2.05, 4.69) is 37.2 Å². The van der Waals surface area contributed by atoms with Crippen molar-refractivity contribution in [2.75, 3.05) is 27.2 Å². The lowest BCUT2D eigenvalue weighted by Crippen LogP contribution is -2.56. The monoisotopic (exact) mass is 443 g/mol. The molecular weight excluding hydrogens is 405 g/mol. The number of halogens is 1. The van der Waals surface area contributed by atoms with Crippen molar-refractivity contribution in [2.45, 2.75) is 64.4 Å². The fourth-order valence-electron chi connectivity index (χ4n) is 4.67. The van der Waals surface area contributed by atoms with Crippen molar-refractivity contribution >= 4 is 0 Å². The van der Waals surface area contributed by atoms with Crippen LogP contribution in [0.1, 0.15) is 58.2 Å². The van der Waals surface area contributed by atoms with Crippen LogP contribution in [0.5, 0.6) is 5.75 Å². The van der Waals surface area contributed by atoms with Crippen molar-refractivity contribution in [3.63, 3.8) is 0 Å². The van der Waals surface area contributed by atoms with Gasteiger partial charge in [-0.2, -0.15) is 0 Å². The predicted molar refractivity (Wildman–Crippen MR) is 128 cm³/mol. The molecule has 6 heteroatoms. The molecule has 0 amide bonds. The molecule has 1 saturated heterocycles. The highest BCUT2D eigenvalue weighted by atomic mass is 19.1. The van der Waals surface area contributed by atoms with Gasteiger partial charge in [-0.15, -0.1) is 0 Å². The number of likely N-dealkylation sites (N-methyl/N-ethyl adjacent to an activating group) is 1. The standard InChI is InChI=1S/C26H38FN3O2/c1-6-9-24-26(7-2,28-22-18-20(27)12-15-23(22)30(24)5)16-17-29(4)25(31)19-10-13-21(14-11-19)32-8-3/h9-11,13-15,18,20,25,28,31H,6-8,12,16-17H2,1-5H3/b24-9-. The van der Waals surface area contributed by atoms with E-state index in [0.717, 1.165) is 42.0 Å². The zero-order valence-corrected chi connectivity index (χ0v) is 20.1. The zero-order chi connectivity index (χ0) is 23.3. The number of allylic oxidation sites excluding steroid dienone is 3. The summed E-state index contributed by atoms with van der Waals surface area (Å²) in [7, 11) is 4.01. The molecule has 3 unspecified atom stereocenters. The fourth-order valence-corrected chi connectivity index (χ4v) is 4.67. The molecule has 0 aromatic heterocycles. The van der Waals surface area contributed by atoms with Gasteiger partial charge in [-0.1, -0.05) is 38.1 Å². The Hall–Kier alpha value is -2.31. The van der Waals surface area contributed by atoms with Crippen LogP contribution in [0.2, 0.25) is 0 Å². The first-order valence-electron chi connectivity index (χ1n) is 11.7. The highest BCUT2D eigenvalue weighted by Gasteiger charge is 2.42. The van der Waals surface area contributed by atoms with Crippen LogP contribution in [0.4, 0.5) is 4.39 Å². The van der Waals surface area contributed by atoms with Gasteiger partial charge in [0, 0.05) is 25.7 Å². The molecule has 1 aliphatic carbocycles. The molecule has 1 heterocycles. The molecule has 3 atom stereocenters. The van der Waals surface area contributed by atoms with Crippen molar-refractivity contribution in [3.8, 4) is 5.75 Å². The molecule has 2 aliphatic rings. The summed E-state index contributed by atoms with van der Waals surface area (Å²) in [5, 5.41) is 14.6. The van der Waals surface area contributed by atoms with Crippen molar-refractivity contribution in [3.05, 3.63) is 65.1 Å². The van der Waals surface area contributed by atoms with Crippen molar-refractivity contribution in [2.24, 2.45) is 0 Å². The van der Waals surface area contributed by atoms with Crippen LogP contribution in [-0.4, -0.2) is 53.9 Å². The Bertz CT molecular complexity index is 864. The van der Waals surface area contributed by atoms with E-state index in [-0.39, 0.29) is 5.54 Å². The lowest BCUT2D eigenvalue weighted by molar-refractivity contribution is 0.0150. The Morgan fingerprint density at radius 2 is 2.03 bits per heavy atom. The van der Waals surface area contributed by atoms with Crippen LogP contribution in [0.25, 0.3) is 0 Å². The van der Waals surface area contributed by atoms with E-state index in [0.29, 0.717) is 19.6 Å². The molecule has 32 heavy (non-hydrogen) atoms. The molecule has 3 rings (SSSR count). The quantitative estimate of drug-likeness (QED) is 0.533. The highest BCUT2D eigenvalue weighted by Crippen LogP contribution is 2.40. The number of hydrogen-bond donors (Lipinski definition) is 2. The van der Waals surface area contributed by atoms with E-state index in [4.69, 9.17) is 4.74 Å². The molecular formula is C26H38FN3O2. The summed E-state index contributed by atoms with van der Waals surface area (Å²) >= 11 is 0. The minimum Gasteiger partial charge on any atom is -0.494 e. The number of nitrogens with one attached hydrogen (secondary N) is 1. The van der Waals surface area contributed by atoms with Gasteiger partial charge in [0.15, 0.2) is 0 Å². The van der Waals surface area contributed by atoms with Gasteiger partial charge in [-0.25, -0.2) is 4.39 Å². The number of aliphatic hydroxyl groups is 1. The third-order valence-electron chi connectivity index (χ3n) is 6.55. The number of nitrogens with zero attached hydrogens (tertiary/aromatic N) is 2. The molecule has 2 N–H and O–H groups in total. The Balaban J connectivity index is 1.78. The van der Waals surface area contributed by atoms with E-state index in [1.54, 1.807) is 6.08 Å². The second kappa shape index (κ2) is 10.5. The highest BCUT2D eigenvalue weighted by molar-refractivity contribution is 5.44. The van der Waals surface area contributed by atoms with Gasteiger partial charge < -0.3 is 20.1 Å². The van der Waals surface area contributed by atoms with Crippen LogP contribution in [-0.2, 0) is 0 Å². The first-order valence-corrected chi connectivity index (χ1v) is 11.7. The van der Waals surface area contributed by atoms with Crippen LogP contribution >= 0.6 is 0 Å². The van der Waals surface area contributed by atoms with Gasteiger partial charge in [-0.05, 0) is 57.0 Å². The number of aliphatic hydroxyl groups excluding tert-OH is 1. The van der Waals surface area contributed by atoms with Crippen molar-refractivity contribution < 1.29 is 14.2 Å². The number of benzene rings is 1. The molecule has 0 radical (unpaired) electrons. The smallest absolute Gasteiger partial charge is 0.133 e.